The van der Waals surface area contributed by atoms with Crippen molar-refractivity contribution in [3.63, 3.8) is 0 Å². The van der Waals surface area contributed by atoms with Crippen molar-refractivity contribution in [3.8, 4) is 0 Å². The Labute approximate surface area is 90.6 Å². The zero-order valence-corrected chi connectivity index (χ0v) is 9.49. The number of hydrogen-bond donors (Lipinski definition) is 2. The Bertz CT molecular complexity index is 324. The Morgan fingerprint density at radius 1 is 1.47 bits per heavy atom. The van der Waals surface area contributed by atoms with Crippen molar-refractivity contribution < 1.29 is 0 Å². The van der Waals surface area contributed by atoms with Crippen molar-refractivity contribution in [2.24, 2.45) is 10.7 Å². The minimum absolute atomic E-state index is 0.0578. The highest BCUT2D eigenvalue weighted by Crippen LogP contribution is 1.98. The van der Waals surface area contributed by atoms with Gasteiger partial charge in [-0.05, 0) is 32.9 Å². The van der Waals surface area contributed by atoms with E-state index in [0.717, 1.165) is 5.69 Å². The van der Waals surface area contributed by atoms with Gasteiger partial charge >= 0.3 is 0 Å². The molecule has 0 amide bonds. The first-order chi connectivity index (χ1) is 6.97. The summed E-state index contributed by atoms with van der Waals surface area (Å²) in [5, 5.41) is 3.09. The van der Waals surface area contributed by atoms with Gasteiger partial charge in [0.2, 0.25) is 0 Å². The van der Waals surface area contributed by atoms with Gasteiger partial charge in [-0.3, -0.25) is 4.98 Å². The van der Waals surface area contributed by atoms with Crippen LogP contribution in [-0.4, -0.2) is 16.5 Å². The molecule has 4 nitrogen and oxygen atoms in total. The van der Waals surface area contributed by atoms with Gasteiger partial charge < -0.3 is 11.1 Å². The number of nitrogens with zero attached hydrogens (tertiary/aromatic N) is 2. The normalized spacial score (nSPS) is 12.6. The van der Waals surface area contributed by atoms with Gasteiger partial charge in [0.05, 0.1) is 12.2 Å². The molecule has 0 fully saturated rings. The molecule has 0 saturated heterocycles. The number of aromatic nitrogens is 1. The van der Waals surface area contributed by atoms with Crippen molar-refractivity contribution in [2.45, 2.75) is 32.9 Å². The van der Waals surface area contributed by atoms with Gasteiger partial charge in [0.15, 0.2) is 5.96 Å². The first-order valence-corrected chi connectivity index (χ1v) is 4.95. The summed E-state index contributed by atoms with van der Waals surface area (Å²) in [7, 11) is 0. The Kier molecular flexibility index (Phi) is 3.66. The lowest BCUT2D eigenvalue weighted by Gasteiger charge is -2.20. The Balaban J connectivity index is 2.51. The predicted octanol–water partition coefficient (Wildman–Crippen LogP) is 1.28. The van der Waals surface area contributed by atoms with Gasteiger partial charge in [0.1, 0.15) is 0 Å². The van der Waals surface area contributed by atoms with Crippen molar-refractivity contribution in [1.29, 1.82) is 0 Å². The maximum Gasteiger partial charge on any atom is 0.189 e. The van der Waals surface area contributed by atoms with E-state index >= 15 is 0 Å². The molecule has 1 heterocycles. The summed E-state index contributed by atoms with van der Waals surface area (Å²) in [5.41, 5.74) is 6.57. The minimum Gasteiger partial charge on any atom is -0.370 e. The maximum absolute atomic E-state index is 5.72. The summed E-state index contributed by atoms with van der Waals surface area (Å²) < 4.78 is 0. The third-order valence-electron chi connectivity index (χ3n) is 1.64. The van der Waals surface area contributed by atoms with Crippen molar-refractivity contribution in [1.82, 2.24) is 10.3 Å². The van der Waals surface area contributed by atoms with Gasteiger partial charge in [0, 0.05) is 11.7 Å². The van der Waals surface area contributed by atoms with Crippen LogP contribution in [0.4, 0.5) is 0 Å². The average Bonchev–Trinajstić information content (AvgIpc) is 2.14. The van der Waals surface area contributed by atoms with E-state index in [0.29, 0.717) is 12.5 Å². The second-order valence-electron chi connectivity index (χ2n) is 4.40. The molecule has 0 saturated carbocycles. The highest BCUT2D eigenvalue weighted by atomic mass is 15.1. The van der Waals surface area contributed by atoms with Crippen LogP contribution >= 0.6 is 0 Å². The number of nitrogens with one attached hydrogen (secondary N) is 1. The third-order valence-corrected chi connectivity index (χ3v) is 1.64. The summed E-state index contributed by atoms with van der Waals surface area (Å²) in [6.07, 6.45) is 1.75. The Morgan fingerprint density at radius 3 is 2.73 bits per heavy atom. The SMILES string of the molecule is CC(C)(C)NC(N)=NCc1ccccn1. The van der Waals surface area contributed by atoms with Crippen molar-refractivity contribution in [2.75, 3.05) is 0 Å². The van der Waals surface area contributed by atoms with Crippen LogP contribution in [0.1, 0.15) is 26.5 Å². The van der Waals surface area contributed by atoms with E-state index < -0.39 is 0 Å². The van der Waals surface area contributed by atoms with E-state index in [9.17, 15) is 0 Å². The minimum atomic E-state index is -0.0578. The van der Waals surface area contributed by atoms with Gasteiger partial charge in [0.25, 0.3) is 0 Å². The number of hydrogen-bond acceptors (Lipinski definition) is 2. The van der Waals surface area contributed by atoms with Crippen LogP contribution in [0.5, 0.6) is 0 Å². The van der Waals surface area contributed by atoms with Crippen LogP contribution in [0.2, 0.25) is 0 Å². The summed E-state index contributed by atoms with van der Waals surface area (Å²) >= 11 is 0. The molecule has 82 valence electrons. The lowest BCUT2D eigenvalue weighted by molar-refractivity contribution is 0.508. The first-order valence-electron chi connectivity index (χ1n) is 4.95. The van der Waals surface area contributed by atoms with Crippen LogP contribution in [0.15, 0.2) is 29.4 Å². The molecular weight excluding hydrogens is 188 g/mol. The van der Waals surface area contributed by atoms with Crippen molar-refractivity contribution in [3.05, 3.63) is 30.1 Å². The highest BCUT2D eigenvalue weighted by Gasteiger charge is 2.09. The second-order valence-corrected chi connectivity index (χ2v) is 4.40. The van der Waals surface area contributed by atoms with E-state index in [1.54, 1.807) is 6.20 Å². The Hall–Kier alpha value is -1.58. The first kappa shape index (κ1) is 11.5. The molecule has 0 aromatic carbocycles. The molecule has 0 unspecified atom stereocenters. The van der Waals surface area contributed by atoms with E-state index in [4.69, 9.17) is 5.73 Å². The number of nitrogens with two attached hydrogens (primary N) is 1. The number of guanidine groups is 1. The van der Waals surface area contributed by atoms with E-state index in [1.807, 2.05) is 39.0 Å². The van der Waals surface area contributed by atoms with Gasteiger partial charge in [-0.2, -0.15) is 0 Å². The molecule has 0 spiro atoms. The summed E-state index contributed by atoms with van der Waals surface area (Å²) in [4.78, 5) is 8.36. The van der Waals surface area contributed by atoms with Gasteiger partial charge in [-0.25, -0.2) is 4.99 Å². The molecule has 1 rings (SSSR count). The average molecular weight is 206 g/mol. The molecule has 0 atom stereocenters. The van der Waals surface area contributed by atoms with E-state index in [-0.39, 0.29) is 5.54 Å². The molecule has 3 N–H and O–H groups in total. The molecule has 0 aliphatic carbocycles. The quantitative estimate of drug-likeness (QED) is 0.566. The molecule has 1 aromatic heterocycles. The number of rotatable bonds is 2. The van der Waals surface area contributed by atoms with Gasteiger partial charge in [-0.15, -0.1) is 0 Å². The molecule has 0 radical (unpaired) electrons. The number of aliphatic imine (C=N–C) groups is 1. The summed E-state index contributed by atoms with van der Waals surface area (Å²) in [6.45, 7) is 6.62. The largest absolute Gasteiger partial charge is 0.370 e. The fourth-order valence-corrected chi connectivity index (χ4v) is 1.08. The molecule has 0 bridgehead atoms. The zero-order valence-electron chi connectivity index (χ0n) is 9.49. The number of pyridine rings is 1. The molecule has 0 aliphatic rings. The maximum atomic E-state index is 5.72. The predicted molar refractivity (Wildman–Crippen MR) is 62.5 cm³/mol. The van der Waals surface area contributed by atoms with Crippen LogP contribution in [0, 0.1) is 0 Å². The van der Waals surface area contributed by atoms with Crippen LogP contribution < -0.4 is 11.1 Å². The summed E-state index contributed by atoms with van der Waals surface area (Å²) in [5.74, 6) is 0.452. The van der Waals surface area contributed by atoms with Crippen LogP contribution in [0.25, 0.3) is 0 Å². The fourth-order valence-electron chi connectivity index (χ4n) is 1.08. The van der Waals surface area contributed by atoms with Crippen LogP contribution in [-0.2, 0) is 6.54 Å². The molecule has 4 heteroatoms. The van der Waals surface area contributed by atoms with Crippen LogP contribution in [0.3, 0.4) is 0 Å². The van der Waals surface area contributed by atoms with Crippen molar-refractivity contribution >= 4 is 5.96 Å². The molecular formula is C11H18N4. The summed E-state index contributed by atoms with van der Waals surface area (Å²) in [6, 6.07) is 5.74. The standard InChI is InChI=1S/C11H18N4/c1-11(2,3)15-10(12)14-8-9-6-4-5-7-13-9/h4-7H,8H2,1-3H3,(H3,12,14,15). The highest BCUT2D eigenvalue weighted by molar-refractivity contribution is 5.78. The zero-order chi connectivity index (χ0) is 11.3. The lowest BCUT2D eigenvalue weighted by atomic mass is 10.1. The van der Waals surface area contributed by atoms with Gasteiger partial charge in [-0.1, -0.05) is 6.07 Å². The third kappa shape index (κ3) is 5.00. The monoisotopic (exact) mass is 206 g/mol. The Morgan fingerprint density at radius 2 is 2.20 bits per heavy atom. The second kappa shape index (κ2) is 4.77. The molecule has 1 aromatic rings. The molecule has 0 aliphatic heterocycles. The molecule has 15 heavy (non-hydrogen) atoms. The lowest BCUT2D eigenvalue weighted by Crippen LogP contribution is -2.44. The van der Waals surface area contributed by atoms with E-state index in [2.05, 4.69) is 15.3 Å². The smallest absolute Gasteiger partial charge is 0.189 e. The topological polar surface area (TPSA) is 63.3 Å². The fraction of sp³-hybridized carbons (Fsp3) is 0.455. The van der Waals surface area contributed by atoms with E-state index in [1.165, 1.54) is 0 Å².